The van der Waals surface area contributed by atoms with E-state index in [1.54, 1.807) is 0 Å². The molecule has 0 aliphatic heterocycles. The minimum absolute atomic E-state index is 0.100. The van der Waals surface area contributed by atoms with E-state index in [0.717, 1.165) is 0 Å². The molecule has 0 radical (unpaired) electrons. The number of hydrogen-bond acceptors (Lipinski definition) is 4. The van der Waals surface area contributed by atoms with Gasteiger partial charge in [0.15, 0.2) is 0 Å². The Morgan fingerprint density at radius 1 is 1.50 bits per heavy atom. The molecular weight excluding hydrogens is 228 g/mol. The lowest BCUT2D eigenvalue weighted by molar-refractivity contribution is 0.0995. The van der Waals surface area contributed by atoms with Gasteiger partial charge in [0.25, 0.3) is 5.91 Å². The largest absolute Gasteiger partial charge is 0.364 e. The van der Waals surface area contributed by atoms with E-state index in [2.05, 4.69) is 4.98 Å². The Hall–Kier alpha value is -1.14. The predicted molar refractivity (Wildman–Crippen MR) is 51.8 cm³/mol. The fraction of sp³-hybridized carbons (Fsp3) is 0.143. The molecule has 1 aromatic heterocycles. The number of aromatic nitrogens is 1. The van der Waals surface area contributed by atoms with E-state index >= 15 is 0 Å². The number of primary amides is 1. The SMILES string of the molecule is NC(=O)c1nc(Cl)ccc1C[SH](=O)=O. The summed E-state index contributed by atoms with van der Waals surface area (Å²) in [7, 11) is -2.62. The van der Waals surface area contributed by atoms with Crippen molar-refractivity contribution in [2.45, 2.75) is 5.75 Å². The second kappa shape index (κ2) is 4.39. The molecule has 2 N–H and O–H groups in total. The molecule has 0 spiro atoms. The highest BCUT2D eigenvalue weighted by Gasteiger charge is 2.11. The molecule has 0 aliphatic carbocycles. The zero-order valence-corrected chi connectivity index (χ0v) is 8.59. The molecule has 0 aromatic carbocycles. The first kappa shape index (κ1) is 10.9. The lowest BCUT2D eigenvalue weighted by Crippen LogP contribution is -2.16. The van der Waals surface area contributed by atoms with Crippen molar-refractivity contribution in [1.82, 2.24) is 4.98 Å². The molecular formula is C7H7ClN2O3S. The molecule has 1 aromatic rings. The van der Waals surface area contributed by atoms with Crippen LogP contribution in [0, 0.1) is 0 Å². The lowest BCUT2D eigenvalue weighted by atomic mass is 10.2. The Morgan fingerprint density at radius 3 is 2.64 bits per heavy atom. The van der Waals surface area contributed by atoms with Crippen LogP contribution in [0.1, 0.15) is 16.1 Å². The smallest absolute Gasteiger partial charge is 0.267 e. The van der Waals surface area contributed by atoms with Crippen molar-refractivity contribution in [2.24, 2.45) is 5.73 Å². The number of carbonyl (C=O) groups excluding carboxylic acids is 1. The number of rotatable bonds is 3. The molecule has 7 heteroatoms. The third-order valence-electron chi connectivity index (χ3n) is 1.48. The van der Waals surface area contributed by atoms with Gasteiger partial charge < -0.3 is 5.73 Å². The van der Waals surface area contributed by atoms with Gasteiger partial charge in [-0.15, -0.1) is 0 Å². The molecule has 76 valence electrons. The van der Waals surface area contributed by atoms with E-state index < -0.39 is 16.6 Å². The van der Waals surface area contributed by atoms with Crippen molar-refractivity contribution in [3.63, 3.8) is 0 Å². The van der Waals surface area contributed by atoms with E-state index in [4.69, 9.17) is 17.3 Å². The van der Waals surface area contributed by atoms with Crippen molar-refractivity contribution < 1.29 is 13.2 Å². The Kier molecular flexibility index (Phi) is 3.43. The van der Waals surface area contributed by atoms with Crippen LogP contribution in [-0.4, -0.2) is 19.3 Å². The Labute approximate surface area is 86.8 Å². The van der Waals surface area contributed by atoms with Crippen LogP contribution >= 0.6 is 11.6 Å². The van der Waals surface area contributed by atoms with Gasteiger partial charge in [-0.25, -0.2) is 13.4 Å². The Balaban J connectivity index is 3.21. The first-order valence-electron chi connectivity index (χ1n) is 3.57. The number of nitrogens with zero attached hydrogens (tertiary/aromatic N) is 1. The average Bonchev–Trinajstić information content (AvgIpc) is 2.07. The molecule has 0 saturated carbocycles. The van der Waals surface area contributed by atoms with Gasteiger partial charge in [0.1, 0.15) is 21.6 Å². The summed E-state index contributed by atoms with van der Waals surface area (Å²) in [6.45, 7) is 0. The van der Waals surface area contributed by atoms with Crippen LogP contribution in [0.3, 0.4) is 0 Å². The van der Waals surface area contributed by atoms with Crippen LogP contribution in [0.5, 0.6) is 0 Å². The summed E-state index contributed by atoms with van der Waals surface area (Å²) >= 11 is 5.53. The van der Waals surface area contributed by atoms with E-state index in [9.17, 15) is 13.2 Å². The standard InChI is InChI=1S/C7H7ClN2O3S/c8-5-2-1-4(3-14(12)13)6(10-5)7(9)11/h1-2,14H,3H2,(H2,9,11). The first-order chi connectivity index (χ1) is 6.50. The summed E-state index contributed by atoms with van der Waals surface area (Å²) in [6, 6.07) is 2.82. The second-order valence-electron chi connectivity index (χ2n) is 2.50. The van der Waals surface area contributed by atoms with Gasteiger partial charge in [0.2, 0.25) is 0 Å². The van der Waals surface area contributed by atoms with Crippen molar-refractivity contribution in [2.75, 3.05) is 0 Å². The van der Waals surface area contributed by atoms with Crippen molar-refractivity contribution in [1.29, 1.82) is 0 Å². The van der Waals surface area contributed by atoms with Gasteiger partial charge in [-0.3, -0.25) is 4.79 Å². The van der Waals surface area contributed by atoms with E-state index in [-0.39, 0.29) is 22.2 Å². The zero-order chi connectivity index (χ0) is 10.7. The van der Waals surface area contributed by atoms with E-state index in [0.29, 0.717) is 0 Å². The number of halogens is 1. The maximum absolute atomic E-state index is 10.9. The van der Waals surface area contributed by atoms with Gasteiger partial charge in [-0.1, -0.05) is 17.7 Å². The van der Waals surface area contributed by atoms with Crippen molar-refractivity contribution >= 4 is 28.2 Å². The van der Waals surface area contributed by atoms with Crippen molar-refractivity contribution in [3.05, 3.63) is 28.5 Å². The van der Waals surface area contributed by atoms with Crippen LogP contribution < -0.4 is 5.73 Å². The Bertz CT molecular complexity index is 437. The Morgan fingerprint density at radius 2 is 2.14 bits per heavy atom. The number of carbonyl (C=O) groups is 1. The molecule has 5 nitrogen and oxygen atoms in total. The fourth-order valence-electron chi connectivity index (χ4n) is 0.944. The lowest BCUT2D eigenvalue weighted by Gasteiger charge is -2.01. The summed E-state index contributed by atoms with van der Waals surface area (Å²) < 4.78 is 20.9. The number of pyridine rings is 1. The van der Waals surface area contributed by atoms with Gasteiger partial charge >= 0.3 is 0 Å². The van der Waals surface area contributed by atoms with Crippen LogP contribution in [0.15, 0.2) is 12.1 Å². The summed E-state index contributed by atoms with van der Waals surface area (Å²) in [5.41, 5.74) is 5.16. The molecule has 1 heterocycles. The highest BCUT2D eigenvalue weighted by atomic mass is 35.5. The number of amides is 1. The third-order valence-corrected chi connectivity index (χ3v) is 2.29. The van der Waals surface area contributed by atoms with Crippen LogP contribution in [0.25, 0.3) is 0 Å². The molecule has 14 heavy (non-hydrogen) atoms. The molecule has 0 atom stereocenters. The van der Waals surface area contributed by atoms with Crippen LogP contribution in [0.4, 0.5) is 0 Å². The molecule has 0 aliphatic rings. The molecule has 0 bridgehead atoms. The fourth-order valence-corrected chi connectivity index (χ4v) is 1.63. The topological polar surface area (TPSA) is 90.1 Å². The zero-order valence-electron chi connectivity index (χ0n) is 6.94. The normalized spacial score (nSPS) is 10.4. The first-order valence-corrected chi connectivity index (χ1v) is 5.32. The van der Waals surface area contributed by atoms with Crippen LogP contribution in [-0.2, 0) is 16.5 Å². The summed E-state index contributed by atoms with van der Waals surface area (Å²) in [5, 5.41) is 0.101. The monoisotopic (exact) mass is 234 g/mol. The van der Waals surface area contributed by atoms with Gasteiger partial charge in [0, 0.05) is 0 Å². The minimum Gasteiger partial charge on any atom is -0.364 e. The molecule has 0 fully saturated rings. The average molecular weight is 235 g/mol. The summed E-state index contributed by atoms with van der Waals surface area (Å²) in [4.78, 5) is 14.5. The van der Waals surface area contributed by atoms with Crippen molar-refractivity contribution in [3.8, 4) is 0 Å². The summed E-state index contributed by atoms with van der Waals surface area (Å²) in [6.07, 6.45) is 0. The van der Waals surface area contributed by atoms with E-state index in [1.165, 1.54) is 12.1 Å². The van der Waals surface area contributed by atoms with E-state index in [1.807, 2.05) is 0 Å². The molecule has 1 amide bonds. The number of hydrogen-bond donors (Lipinski definition) is 2. The maximum atomic E-state index is 10.9. The quantitative estimate of drug-likeness (QED) is 0.567. The van der Waals surface area contributed by atoms with Gasteiger partial charge in [-0.2, -0.15) is 0 Å². The maximum Gasteiger partial charge on any atom is 0.267 e. The molecule has 1 rings (SSSR count). The minimum atomic E-state index is -2.62. The van der Waals surface area contributed by atoms with Gasteiger partial charge in [-0.05, 0) is 11.6 Å². The predicted octanol–water partition coefficient (Wildman–Crippen LogP) is -0.0547. The molecule has 0 unspecified atom stereocenters. The van der Waals surface area contributed by atoms with Crippen LogP contribution in [0.2, 0.25) is 5.15 Å². The number of thiol groups is 1. The highest BCUT2D eigenvalue weighted by molar-refractivity contribution is 7.71. The number of nitrogens with two attached hydrogens (primary N) is 1. The second-order valence-corrected chi connectivity index (χ2v) is 3.87. The van der Waals surface area contributed by atoms with Gasteiger partial charge in [0.05, 0.1) is 5.75 Å². The summed E-state index contributed by atoms with van der Waals surface area (Å²) in [5.74, 6) is -1.06. The highest BCUT2D eigenvalue weighted by Crippen LogP contribution is 2.11. The third kappa shape index (κ3) is 2.68. The molecule has 0 saturated heterocycles.